The molecule has 0 fully saturated rings. The average Bonchev–Trinajstić information content (AvgIpc) is 2.00. The van der Waals surface area contributed by atoms with E-state index < -0.39 is 21.1 Å². The summed E-state index contributed by atoms with van der Waals surface area (Å²) in [4.78, 5) is 0. The lowest BCUT2D eigenvalue weighted by Gasteiger charge is -2.24. The van der Waals surface area contributed by atoms with E-state index in [9.17, 15) is 21.6 Å². The molecule has 0 saturated heterocycles. The van der Waals surface area contributed by atoms with Crippen LogP contribution in [0.5, 0.6) is 0 Å². The predicted molar refractivity (Wildman–Crippen MR) is 56.1 cm³/mol. The molecule has 16 heavy (non-hydrogen) atoms. The smallest absolute Gasteiger partial charge is 0.203 e. The number of alkyl halides is 3. The predicted octanol–water partition coefficient (Wildman–Crippen LogP) is 2.34. The van der Waals surface area contributed by atoms with E-state index in [1.54, 1.807) is 18.6 Å². The Morgan fingerprint density at radius 1 is 1.06 bits per heavy atom. The van der Waals surface area contributed by atoms with Gasteiger partial charge in [-0.25, -0.2) is 8.42 Å². The number of rotatable bonds is 4. The standard InChI is InChI=1S/C9H14F3NO2S/c1-4-6-8(3,7-5-2)13-16(14,15)9(10,11)12/h4-7,13H,1-3H3/b6-4-,7-5-. The molecule has 0 heterocycles. The van der Waals surface area contributed by atoms with Crippen LogP contribution in [0.3, 0.4) is 0 Å². The van der Waals surface area contributed by atoms with Crippen LogP contribution in [0.2, 0.25) is 0 Å². The van der Waals surface area contributed by atoms with E-state index in [1.807, 2.05) is 0 Å². The third-order valence-electron chi connectivity index (χ3n) is 1.68. The fourth-order valence-electron chi connectivity index (χ4n) is 1.16. The SMILES string of the molecule is C/C=C\C(C)(/C=C\C)NS(=O)(=O)C(F)(F)F. The van der Waals surface area contributed by atoms with Crippen LogP contribution in [0.15, 0.2) is 24.3 Å². The Balaban J connectivity index is 5.22. The van der Waals surface area contributed by atoms with Gasteiger partial charge in [-0.15, -0.1) is 0 Å². The zero-order chi connectivity index (χ0) is 13.0. The molecule has 0 bridgehead atoms. The molecule has 0 spiro atoms. The first kappa shape index (κ1) is 15.2. The molecule has 0 aliphatic rings. The molecule has 0 unspecified atom stereocenters. The molecule has 0 aliphatic heterocycles. The lowest BCUT2D eigenvalue weighted by atomic mass is 10.0. The van der Waals surface area contributed by atoms with Crippen molar-refractivity contribution in [3.63, 3.8) is 0 Å². The van der Waals surface area contributed by atoms with Crippen molar-refractivity contribution in [2.75, 3.05) is 0 Å². The lowest BCUT2D eigenvalue weighted by molar-refractivity contribution is -0.0451. The van der Waals surface area contributed by atoms with Gasteiger partial charge in [0.25, 0.3) is 0 Å². The second-order valence-corrected chi connectivity index (χ2v) is 5.01. The van der Waals surface area contributed by atoms with E-state index in [0.29, 0.717) is 0 Å². The van der Waals surface area contributed by atoms with Crippen LogP contribution in [0.4, 0.5) is 13.2 Å². The molecule has 0 radical (unpaired) electrons. The van der Waals surface area contributed by atoms with Gasteiger partial charge in [-0.1, -0.05) is 24.3 Å². The molecule has 0 aromatic carbocycles. The molecular weight excluding hydrogens is 243 g/mol. The van der Waals surface area contributed by atoms with E-state index in [-0.39, 0.29) is 0 Å². The highest BCUT2D eigenvalue weighted by atomic mass is 32.2. The number of halogens is 3. The molecule has 94 valence electrons. The highest BCUT2D eigenvalue weighted by molar-refractivity contribution is 7.90. The third-order valence-corrected chi connectivity index (χ3v) is 3.00. The van der Waals surface area contributed by atoms with Gasteiger partial charge in [0.2, 0.25) is 0 Å². The van der Waals surface area contributed by atoms with Gasteiger partial charge in [0.1, 0.15) is 0 Å². The van der Waals surface area contributed by atoms with Gasteiger partial charge in [0, 0.05) is 0 Å². The first-order valence-electron chi connectivity index (χ1n) is 4.46. The number of sulfonamides is 1. The zero-order valence-corrected chi connectivity index (χ0v) is 9.98. The van der Waals surface area contributed by atoms with Crippen molar-refractivity contribution in [3.05, 3.63) is 24.3 Å². The van der Waals surface area contributed by atoms with Gasteiger partial charge in [-0.2, -0.15) is 17.9 Å². The summed E-state index contributed by atoms with van der Waals surface area (Å²) < 4.78 is 59.8. The summed E-state index contributed by atoms with van der Waals surface area (Å²) in [6.45, 7) is 4.50. The van der Waals surface area contributed by atoms with Crippen molar-refractivity contribution in [3.8, 4) is 0 Å². The normalized spacial score (nSPS) is 15.1. The second kappa shape index (κ2) is 5.01. The molecular formula is C9H14F3NO2S. The van der Waals surface area contributed by atoms with Crippen LogP contribution in [-0.4, -0.2) is 19.5 Å². The van der Waals surface area contributed by atoms with Crippen molar-refractivity contribution in [1.29, 1.82) is 0 Å². The minimum atomic E-state index is -5.35. The Hall–Kier alpha value is -0.820. The molecule has 0 saturated carbocycles. The third kappa shape index (κ3) is 3.97. The van der Waals surface area contributed by atoms with Gasteiger partial charge >= 0.3 is 15.5 Å². The number of nitrogens with one attached hydrogen (secondary N) is 1. The Morgan fingerprint density at radius 2 is 1.44 bits per heavy atom. The molecule has 0 rings (SSSR count). The van der Waals surface area contributed by atoms with Gasteiger partial charge in [-0.3, -0.25) is 0 Å². The molecule has 0 aromatic rings. The molecule has 0 atom stereocenters. The van der Waals surface area contributed by atoms with Crippen LogP contribution in [0.1, 0.15) is 20.8 Å². The maximum absolute atomic E-state index is 12.1. The minimum Gasteiger partial charge on any atom is -0.203 e. The maximum atomic E-state index is 12.1. The van der Waals surface area contributed by atoms with E-state index in [1.165, 1.54) is 31.2 Å². The fraction of sp³-hybridized carbons (Fsp3) is 0.556. The van der Waals surface area contributed by atoms with Crippen LogP contribution >= 0.6 is 0 Å². The first-order valence-corrected chi connectivity index (χ1v) is 5.94. The number of allylic oxidation sites excluding steroid dienone is 2. The van der Waals surface area contributed by atoms with Crippen molar-refractivity contribution in [1.82, 2.24) is 4.72 Å². The fourth-order valence-corrected chi connectivity index (χ4v) is 1.99. The first-order chi connectivity index (χ1) is 7.08. The van der Waals surface area contributed by atoms with Gasteiger partial charge < -0.3 is 0 Å². The van der Waals surface area contributed by atoms with Gasteiger partial charge in [0.15, 0.2) is 0 Å². The quantitative estimate of drug-likeness (QED) is 0.786. The topological polar surface area (TPSA) is 46.2 Å². The van der Waals surface area contributed by atoms with Crippen molar-refractivity contribution < 1.29 is 21.6 Å². The van der Waals surface area contributed by atoms with Crippen LogP contribution in [-0.2, 0) is 10.0 Å². The largest absolute Gasteiger partial charge is 0.511 e. The summed E-state index contributed by atoms with van der Waals surface area (Å²) in [5.74, 6) is 0. The molecule has 1 N–H and O–H groups in total. The summed E-state index contributed by atoms with van der Waals surface area (Å²) in [5, 5.41) is 0. The maximum Gasteiger partial charge on any atom is 0.511 e. The van der Waals surface area contributed by atoms with E-state index in [4.69, 9.17) is 0 Å². The number of hydrogen-bond acceptors (Lipinski definition) is 2. The minimum absolute atomic E-state index is 1.33. The zero-order valence-electron chi connectivity index (χ0n) is 9.17. The molecule has 7 heteroatoms. The van der Waals surface area contributed by atoms with Crippen LogP contribution < -0.4 is 4.72 Å². The van der Waals surface area contributed by atoms with E-state index in [0.717, 1.165) is 0 Å². The summed E-state index contributed by atoms with van der Waals surface area (Å²) in [5.41, 5.74) is -6.69. The lowest BCUT2D eigenvalue weighted by Crippen LogP contribution is -2.48. The van der Waals surface area contributed by atoms with Gasteiger partial charge in [-0.05, 0) is 20.8 Å². The molecule has 0 amide bonds. The second-order valence-electron chi connectivity index (χ2n) is 3.33. The number of hydrogen-bond donors (Lipinski definition) is 1. The molecule has 0 aromatic heterocycles. The Morgan fingerprint density at radius 3 is 1.69 bits per heavy atom. The Labute approximate surface area is 93.1 Å². The summed E-state index contributed by atoms with van der Waals surface area (Å²) >= 11 is 0. The van der Waals surface area contributed by atoms with Crippen molar-refractivity contribution in [2.45, 2.75) is 31.8 Å². The van der Waals surface area contributed by atoms with Crippen molar-refractivity contribution >= 4 is 10.0 Å². The molecule has 0 aliphatic carbocycles. The van der Waals surface area contributed by atoms with Gasteiger partial charge in [0.05, 0.1) is 5.54 Å². The van der Waals surface area contributed by atoms with E-state index >= 15 is 0 Å². The average molecular weight is 257 g/mol. The summed E-state index contributed by atoms with van der Waals surface area (Å²) in [7, 11) is -5.35. The summed E-state index contributed by atoms with van der Waals surface area (Å²) in [6.07, 6.45) is 5.60. The van der Waals surface area contributed by atoms with Crippen LogP contribution in [0.25, 0.3) is 0 Å². The monoisotopic (exact) mass is 257 g/mol. The van der Waals surface area contributed by atoms with Crippen molar-refractivity contribution in [2.24, 2.45) is 0 Å². The highest BCUT2D eigenvalue weighted by Gasteiger charge is 2.48. The Bertz CT molecular complexity index is 370. The highest BCUT2D eigenvalue weighted by Crippen LogP contribution is 2.24. The Kier molecular flexibility index (Phi) is 4.75. The molecule has 3 nitrogen and oxygen atoms in total. The summed E-state index contributed by atoms with van der Waals surface area (Å²) in [6, 6.07) is 0. The van der Waals surface area contributed by atoms with Crippen LogP contribution in [0, 0.1) is 0 Å². The van der Waals surface area contributed by atoms with E-state index in [2.05, 4.69) is 0 Å².